The molecule has 0 aromatic heterocycles. The molecule has 1 atom stereocenters. The van der Waals surface area contributed by atoms with Gasteiger partial charge in [0, 0.05) is 19.1 Å². The smallest absolute Gasteiger partial charge is 0.0605 e. The van der Waals surface area contributed by atoms with Crippen molar-refractivity contribution < 1.29 is 0 Å². The van der Waals surface area contributed by atoms with Crippen LogP contribution < -0.4 is 10.2 Å². The summed E-state index contributed by atoms with van der Waals surface area (Å²) in [7, 11) is 0. The van der Waals surface area contributed by atoms with Crippen molar-refractivity contribution in [3.05, 3.63) is 23.3 Å². The summed E-state index contributed by atoms with van der Waals surface area (Å²) < 4.78 is 0. The van der Waals surface area contributed by atoms with Gasteiger partial charge in [-0.25, -0.2) is 0 Å². The normalized spacial score (nSPS) is 19.2. The van der Waals surface area contributed by atoms with Crippen LogP contribution in [0.4, 0.5) is 11.4 Å². The Labute approximate surface area is 98.7 Å². The first kappa shape index (κ1) is 11.3. The van der Waals surface area contributed by atoms with Crippen molar-refractivity contribution in [3.8, 4) is 0 Å². The lowest BCUT2D eigenvalue weighted by molar-refractivity contribution is 0.678. The summed E-state index contributed by atoms with van der Waals surface area (Å²) in [5, 5.41) is 3.57. The lowest BCUT2D eigenvalue weighted by Crippen LogP contribution is -2.40. The van der Waals surface area contributed by atoms with Gasteiger partial charge in [0.2, 0.25) is 0 Å². The van der Waals surface area contributed by atoms with Crippen LogP contribution in [-0.2, 0) is 0 Å². The lowest BCUT2D eigenvalue weighted by atomic mass is 10.0. The van der Waals surface area contributed by atoms with Crippen LogP contribution in [0.2, 0.25) is 0 Å². The number of benzene rings is 1. The zero-order valence-corrected chi connectivity index (χ0v) is 10.8. The zero-order chi connectivity index (χ0) is 11.7. The molecule has 0 saturated carbocycles. The second-order valence-electron chi connectivity index (χ2n) is 4.95. The van der Waals surface area contributed by atoms with Crippen LogP contribution in [0.3, 0.4) is 0 Å². The predicted octanol–water partition coefficient (Wildman–Crippen LogP) is 3.33. The third kappa shape index (κ3) is 2.01. The van der Waals surface area contributed by atoms with Crippen LogP contribution >= 0.6 is 0 Å². The highest BCUT2D eigenvalue weighted by Crippen LogP contribution is 2.33. The molecule has 88 valence electrons. The van der Waals surface area contributed by atoms with Crippen LogP contribution in [0, 0.1) is 13.8 Å². The molecular weight excluding hydrogens is 196 g/mol. The molecular formula is C14H22N2. The second-order valence-corrected chi connectivity index (χ2v) is 4.95. The number of nitrogens with one attached hydrogen (secondary N) is 1. The molecule has 0 aliphatic carbocycles. The van der Waals surface area contributed by atoms with E-state index in [9.17, 15) is 0 Å². The average Bonchev–Trinajstić information content (AvgIpc) is 2.21. The van der Waals surface area contributed by atoms with Gasteiger partial charge < -0.3 is 10.2 Å². The number of nitrogens with zero attached hydrogens (tertiary/aromatic N) is 1. The standard InChI is InChI=1S/C14H22N2/c1-5-6-16-9-12(4)15-13-7-10(2)11(3)8-14(13)16/h7-8,12,15H,5-6,9H2,1-4H3. The highest BCUT2D eigenvalue weighted by atomic mass is 15.2. The van der Waals surface area contributed by atoms with E-state index in [4.69, 9.17) is 0 Å². The Hall–Kier alpha value is -1.18. The van der Waals surface area contributed by atoms with E-state index in [0.29, 0.717) is 6.04 Å². The highest BCUT2D eigenvalue weighted by molar-refractivity contribution is 5.74. The number of hydrogen-bond donors (Lipinski definition) is 1. The summed E-state index contributed by atoms with van der Waals surface area (Å²) in [6.45, 7) is 11.1. The highest BCUT2D eigenvalue weighted by Gasteiger charge is 2.20. The Bertz CT molecular complexity index is 385. The number of anilines is 2. The first-order chi connectivity index (χ1) is 7.61. The minimum atomic E-state index is 0.543. The predicted molar refractivity (Wildman–Crippen MR) is 71.5 cm³/mol. The Morgan fingerprint density at radius 2 is 2.00 bits per heavy atom. The summed E-state index contributed by atoms with van der Waals surface area (Å²) in [4.78, 5) is 2.50. The molecule has 0 saturated heterocycles. The van der Waals surface area contributed by atoms with E-state index in [1.165, 1.54) is 28.9 Å². The summed E-state index contributed by atoms with van der Waals surface area (Å²) >= 11 is 0. The van der Waals surface area contributed by atoms with Gasteiger partial charge in [0.05, 0.1) is 11.4 Å². The van der Waals surface area contributed by atoms with E-state index in [0.717, 1.165) is 13.1 Å². The Kier molecular flexibility index (Phi) is 3.08. The molecule has 0 radical (unpaired) electrons. The van der Waals surface area contributed by atoms with Gasteiger partial charge in [-0.2, -0.15) is 0 Å². The van der Waals surface area contributed by atoms with E-state index in [1.807, 2.05) is 0 Å². The first-order valence-electron chi connectivity index (χ1n) is 6.24. The third-order valence-electron chi connectivity index (χ3n) is 3.34. The van der Waals surface area contributed by atoms with Crippen molar-refractivity contribution >= 4 is 11.4 Å². The maximum absolute atomic E-state index is 3.57. The molecule has 2 nitrogen and oxygen atoms in total. The Morgan fingerprint density at radius 3 is 2.69 bits per heavy atom. The average molecular weight is 218 g/mol. The lowest BCUT2D eigenvalue weighted by Gasteiger charge is -2.36. The first-order valence-corrected chi connectivity index (χ1v) is 6.24. The van der Waals surface area contributed by atoms with Gasteiger partial charge in [0.15, 0.2) is 0 Å². The molecule has 0 fully saturated rings. The Balaban J connectivity index is 2.40. The van der Waals surface area contributed by atoms with E-state index < -0.39 is 0 Å². The van der Waals surface area contributed by atoms with Crippen LogP contribution in [-0.4, -0.2) is 19.1 Å². The largest absolute Gasteiger partial charge is 0.379 e. The number of hydrogen-bond acceptors (Lipinski definition) is 2. The molecule has 1 N–H and O–H groups in total. The fourth-order valence-corrected chi connectivity index (χ4v) is 2.40. The molecule has 0 spiro atoms. The SMILES string of the molecule is CCCN1CC(C)Nc2cc(C)c(C)cc21. The van der Waals surface area contributed by atoms with Gasteiger partial charge in [-0.3, -0.25) is 0 Å². The fourth-order valence-electron chi connectivity index (χ4n) is 2.40. The van der Waals surface area contributed by atoms with E-state index in [2.05, 4.69) is 50.0 Å². The van der Waals surface area contributed by atoms with E-state index in [-0.39, 0.29) is 0 Å². The molecule has 2 rings (SSSR count). The monoisotopic (exact) mass is 218 g/mol. The van der Waals surface area contributed by atoms with Gasteiger partial charge >= 0.3 is 0 Å². The van der Waals surface area contributed by atoms with Crippen molar-refractivity contribution in [2.45, 2.75) is 40.2 Å². The number of fused-ring (bicyclic) bond motifs is 1. The van der Waals surface area contributed by atoms with Gasteiger partial charge in [0.1, 0.15) is 0 Å². The van der Waals surface area contributed by atoms with Gasteiger partial charge in [-0.15, -0.1) is 0 Å². The molecule has 2 heteroatoms. The van der Waals surface area contributed by atoms with Gasteiger partial charge in [0.25, 0.3) is 0 Å². The minimum absolute atomic E-state index is 0.543. The molecule has 0 bridgehead atoms. The molecule has 1 aromatic rings. The van der Waals surface area contributed by atoms with E-state index >= 15 is 0 Å². The van der Waals surface area contributed by atoms with Crippen molar-refractivity contribution in [2.24, 2.45) is 0 Å². The maximum atomic E-state index is 3.57. The van der Waals surface area contributed by atoms with Crippen LogP contribution in [0.15, 0.2) is 12.1 Å². The minimum Gasteiger partial charge on any atom is -0.379 e. The molecule has 1 unspecified atom stereocenters. The Morgan fingerprint density at radius 1 is 1.31 bits per heavy atom. The zero-order valence-electron chi connectivity index (χ0n) is 10.8. The summed E-state index contributed by atoms with van der Waals surface area (Å²) in [6, 6.07) is 5.14. The maximum Gasteiger partial charge on any atom is 0.0605 e. The van der Waals surface area contributed by atoms with Crippen molar-refractivity contribution in [2.75, 3.05) is 23.3 Å². The van der Waals surface area contributed by atoms with Crippen molar-refractivity contribution in [1.82, 2.24) is 0 Å². The molecule has 16 heavy (non-hydrogen) atoms. The molecule has 1 aliphatic heterocycles. The number of aryl methyl sites for hydroxylation is 2. The topological polar surface area (TPSA) is 15.3 Å². The van der Waals surface area contributed by atoms with E-state index in [1.54, 1.807) is 0 Å². The van der Waals surface area contributed by atoms with Crippen LogP contribution in [0.25, 0.3) is 0 Å². The summed E-state index contributed by atoms with van der Waals surface area (Å²) in [6.07, 6.45) is 1.21. The quantitative estimate of drug-likeness (QED) is 0.819. The van der Waals surface area contributed by atoms with Crippen molar-refractivity contribution in [3.63, 3.8) is 0 Å². The second kappa shape index (κ2) is 4.36. The molecule has 1 aliphatic rings. The summed E-state index contributed by atoms with van der Waals surface area (Å²) in [5.41, 5.74) is 5.44. The molecule has 0 amide bonds. The van der Waals surface area contributed by atoms with Gasteiger partial charge in [-0.05, 0) is 50.5 Å². The molecule has 1 aromatic carbocycles. The third-order valence-corrected chi connectivity index (χ3v) is 3.34. The van der Waals surface area contributed by atoms with Crippen LogP contribution in [0.1, 0.15) is 31.4 Å². The summed E-state index contributed by atoms with van der Waals surface area (Å²) in [5.74, 6) is 0. The molecule has 1 heterocycles. The number of rotatable bonds is 2. The van der Waals surface area contributed by atoms with Crippen LogP contribution in [0.5, 0.6) is 0 Å². The van der Waals surface area contributed by atoms with Gasteiger partial charge in [-0.1, -0.05) is 6.92 Å². The fraction of sp³-hybridized carbons (Fsp3) is 0.571. The van der Waals surface area contributed by atoms with Crippen molar-refractivity contribution in [1.29, 1.82) is 0 Å².